The molecule has 0 aliphatic carbocycles. The Bertz CT molecular complexity index is 923. The van der Waals surface area contributed by atoms with E-state index in [0.29, 0.717) is 37.4 Å². The number of aliphatic imine (C=N–C) groups is 1. The lowest BCUT2D eigenvalue weighted by Crippen LogP contribution is -2.52. The molecule has 10 heteroatoms. The number of likely N-dealkylation sites (tertiary alicyclic amines) is 2. The minimum Gasteiger partial charge on any atom is -0.493 e. The predicted molar refractivity (Wildman–Crippen MR) is 127 cm³/mol. The summed E-state index contributed by atoms with van der Waals surface area (Å²) >= 11 is 0. The number of hydrogen-bond donors (Lipinski definition) is 2. The van der Waals surface area contributed by atoms with Crippen molar-refractivity contribution in [3.05, 3.63) is 23.8 Å². The molecule has 34 heavy (non-hydrogen) atoms. The summed E-state index contributed by atoms with van der Waals surface area (Å²) in [6.45, 7) is 2.62. The van der Waals surface area contributed by atoms with Crippen LogP contribution in [-0.4, -0.2) is 80.6 Å². The van der Waals surface area contributed by atoms with E-state index >= 15 is 0 Å². The molecule has 1 unspecified atom stereocenters. The summed E-state index contributed by atoms with van der Waals surface area (Å²) in [7, 11) is 3.18. The fraction of sp³-hybridized carbons (Fsp3) is 0.583. The first-order chi connectivity index (χ1) is 16.5. The number of hydrogen-bond acceptors (Lipinski definition) is 6. The maximum absolute atomic E-state index is 13.2. The van der Waals surface area contributed by atoms with Gasteiger partial charge in [0.2, 0.25) is 17.8 Å². The van der Waals surface area contributed by atoms with Crippen molar-refractivity contribution >= 4 is 17.8 Å². The number of amides is 2. The van der Waals surface area contributed by atoms with Gasteiger partial charge in [-0.05, 0) is 56.2 Å². The molecule has 2 amide bonds. The van der Waals surface area contributed by atoms with Crippen LogP contribution in [0.2, 0.25) is 0 Å². The smallest absolute Gasteiger partial charge is 0.245 e. The molecule has 3 rings (SSSR count). The average Bonchev–Trinajstić information content (AvgIpc) is 3.34. The van der Waals surface area contributed by atoms with Crippen LogP contribution in [0.1, 0.15) is 37.7 Å². The second-order valence-electron chi connectivity index (χ2n) is 8.45. The van der Waals surface area contributed by atoms with Crippen molar-refractivity contribution in [2.75, 3.05) is 46.9 Å². The first kappa shape index (κ1) is 25.1. The molecule has 2 fully saturated rings. The highest BCUT2D eigenvalue weighted by Crippen LogP contribution is 2.27. The van der Waals surface area contributed by atoms with Crippen LogP contribution in [0.3, 0.4) is 0 Å². The van der Waals surface area contributed by atoms with Gasteiger partial charge in [0, 0.05) is 26.2 Å². The van der Waals surface area contributed by atoms with E-state index in [4.69, 9.17) is 14.7 Å². The Hall–Kier alpha value is -3.48. The van der Waals surface area contributed by atoms with Crippen molar-refractivity contribution in [2.45, 2.75) is 44.6 Å². The molecular weight excluding hydrogens is 436 g/mol. The molecule has 2 N–H and O–H groups in total. The molecule has 1 atom stereocenters. The number of guanidine groups is 1. The number of nitrogens with one attached hydrogen (secondary N) is 2. The van der Waals surface area contributed by atoms with Gasteiger partial charge in [-0.15, -0.1) is 0 Å². The van der Waals surface area contributed by atoms with Crippen molar-refractivity contribution < 1.29 is 19.1 Å². The van der Waals surface area contributed by atoms with Crippen molar-refractivity contribution in [1.82, 2.24) is 20.4 Å². The molecule has 2 aliphatic heterocycles. The Morgan fingerprint density at radius 2 is 1.88 bits per heavy atom. The summed E-state index contributed by atoms with van der Waals surface area (Å²) in [5.41, 5.74) is 1.01. The van der Waals surface area contributed by atoms with Gasteiger partial charge in [-0.25, -0.2) is 0 Å². The maximum Gasteiger partial charge on any atom is 0.245 e. The van der Waals surface area contributed by atoms with Gasteiger partial charge >= 0.3 is 0 Å². The van der Waals surface area contributed by atoms with Crippen LogP contribution in [0, 0.1) is 11.5 Å². The maximum atomic E-state index is 13.2. The van der Waals surface area contributed by atoms with Crippen LogP contribution < -0.4 is 20.1 Å². The number of methoxy groups -OCH3 is 2. The Morgan fingerprint density at radius 3 is 2.59 bits per heavy atom. The zero-order valence-electron chi connectivity index (χ0n) is 20.0. The molecule has 0 saturated carbocycles. The number of carbonyl (C=O) groups excluding carboxylic acids is 2. The lowest BCUT2D eigenvalue weighted by Gasteiger charge is -2.27. The second kappa shape index (κ2) is 12.7. The van der Waals surface area contributed by atoms with Crippen molar-refractivity contribution in [2.24, 2.45) is 4.99 Å². The zero-order valence-corrected chi connectivity index (χ0v) is 20.0. The van der Waals surface area contributed by atoms with E-state index in [0.717, 1.165) is 44.3 Å². The van der Waals surface area contributed by atoms with Gasteiger partial charge < -0.3 is 24.6 Å². The third-order valence-electron chi connectivity index (χ3n) is 6.17. The number of carbonyl (C=O) groups is 2. The summed E-state index contributed by atoms with van der Waals surface area (Å²) in [6.07, 6.45) is 6.86. The molecule has 0 spiro atoms. The molecule has 2 aliphatic rings. The SMILES string of the molecule is COc1ccc(CCN=C(NC#N)NC2CCCCN(CC(=O)N3CCCC3)C2=O)cc1OC. The van der Waals surface area contributed by atoms with E-state index in [1.54, 1.807) is 19.1 Å². The molecule has 0 radical (unpaired) electrons. The van der Waals surface area contributed by atoms with Crippen LogP contribution in [-0.2, 0) is 16.0 Å². The van der Waals surface area contributed by atoms with E-state index in [-0.39, 0.29) is 24.3 Å². The number of benzene rings is 1. The van der Waals surface area contributed by atoms with Gasteiger partial charge in [-0.1, -0.05) is 6.07 Å². The van der Waals surface area contributed by atoms with Gasteiger partial charge in [-0.3, -0.25) is 19.9 Å². The number of ether oxygens (including phenoxy) is 2. The van der Waals surface area contributed by atoms with E-state index < -0.39 is 6.04 Å². The number of nitrogens with zero attached hydrogens (tertiary/aromatic N) is 4. The summed E-state index contributed by atoms with van der Waals surface area (Å²) in [5, 5.41) is 14.8. The fourth-order valence-corrected chi connectivity index (χ4v) is 4.30. The van der Waals surface area contributed by atoms with Crippen LogP contribution >= 0.6 is 0 Å². The molecule has 10 nitrogen and oxygen atoms in total. The van der Waals surface area contributed by atoms with Crippen molar-refractivity contribution in [1.29, 1.82) is 5.26 Å². The summed E-state index contributed by atoms with van der Waals surface area (Å²) in [6, 6.07) is 5.14. The molecule has 2 heterocycles. The Morgan fingerprint density at radius 1 is 1.15 bits per heavy atom. The van der Waals surface area contributed by atoms with E-state index in [1.807, 2.05) is 29.3 Å². The first-order valence-electron chi connectivity index (χ1n) is 11.8. The van der Waals surface area contributed by atoms with Crippen LogP contribution in [0.25, 0.3) is 0 Å². The van der Waals surface area contributed by atoms with Gasteiger partial charge in [-0.2, -0.15) is 5.26 Å². The highest BCUT2D eigenvalue weighted by Gasteiger charge is 2.30. The predicted octanol–water partition coefficient (Wildman–Crippen LogP) is 1.27. The topological polar surface area (TPSA) is 119 Å². The Kier molecular flexibility index (Phi) is 9.38. The van der Waals surface area contributed by atoms with Crippen LogP contribution in [0.15, 0.2) is 23.2 Å². The number of nitriles is 1. The summed E-state index contributed by atoms with van der Waals surface area (Å²) < 4.78 is 10.6. The van der Waals surface area contributed by atoms with Crippen LogP contribution in [0.4, 0.5) is 0 Å². The molecule has 0 aromatic heterocycles. The third-order valence-corrected chi connectivity index (χ3v) is 6.17. The molecule has 184 valence electrons. The fourth-order valence-electron chi connectivity index (χ4n) is 4.30. The van der Waals surface area contributed by atoms with Crippen LogP contribution in [0.5, 0.6) is 11.5 Å². The summed E-state index contributed by atoms with van der Waals surface area (Å²) in [4.78, 5) is 33.7. The van der Waals surface area contributed by atoms with Gasteiger partial charge in [0.05, 0.1) is 20.8 Å². The highest BCUT2D eigenvalue weighted by atomic mass is 16.5. The van der Waals surface area contributed by atoms with E-state index in [1.165, 1.54) is 0 Å². The normalized spacial score (nSPS) is 18.8. The number of rotatable bonds is 8. The zero-order chi connectivity index (χ0) is 24.3. The molecular formula is C24H34N6O4. The second-order valence-corrected chi connectivity index (χ2v) is 8.45. The van der Waals surface area contributed by atoms with Gasteiger partial charge in [0.15, 0.2) is 17.7 Å². The summed E-state index contributed by atoms with van der Waals surface area (Å²) in [5.74, 6) is 1.44. The van der Waals surface area contributed by atoms with E-state index in [2.05, 4.69) is 15.6 Å². The van der Waals surface area contributed by atoms with Gasteiger partial charge in [0.25, 0.3) is 0 Å². The Labute approximate surface area is 200 Å². The minimum atomic E-state index is -0.533. The molecule has 1 aromatic carbocycles. The quantitative estimate of drug-likeness (QED) is 0.254. The molecule has 1 aromatic rings. The highest BCUT2D eigenvalue weighted by molar-refractivity contribution is 5.92. The third kappa shape index (κ3) is 6.76. The Balaban J connectivity index is 1.61. The standard InChI is InChI=1S/C24H34N6O4/c1-33-20-9-8-18(15-21(20)34-2)10-11-26-24(27-17-25)28-19-7-3-4-14-30(23(19)32)16-22(31)29-12-5-6-13-29/h8-9,15,19H,3-7,10-14,16H2,1-2H3,(H2,26,27,28). The van der Waals surface area contributed by atoms with Crippen molar-refractivity contribution in [3.8, 4) is 17.7 Å². The minimum absolute atomic E-state index is 0.00506. The van der Waals surface area contributed by atoms with E-state index in [9.17, 15) is 9.59 Å². The molecule has 2 saturated heterocycles. The first-order valence-corrected chi connectivity index (χ1v) is 11.8. The lowest BCUT2D eigenvalue weighted by atomic mass is 10.1. The lowest BCUT2D eigenvalue weighted by molar-refractivity contribution is -0.140. The monoisotopic (exact) mass is 470 g/mol. The van der Waals surface area contributed by atoms with Gasteiger partial charge in [0.1, 0.15) is 6.04 Å². The average molecular weight is 471 g/mol. The largest absolute Gasteiger partial charge is 0.493 e. The van der Waals surface area contributed by atoms with Crippen molar-refractivity contribution in [3.63, 3.8) is 0 Å². The molecule has 0 bridgehead atoms.